The maximum Gasteiger partial charge on any atom is 0.333 e. The first-order valence-electron chi connectivity index (χ1n) is 8.51. The summed E-state index contributed by atoms with van der Waals surface area (Å²) in [5, 5.41) is 9.58. The molecule has 2 aromatic carbocycles. The first kappa shape index (κ1) is 19.1. The predicted octanol–water partition coefficient (Wildman–Crippen LogP) is 2.82. The molecule has 0 spiro atoms. The lowest BCUT2D eigenvalue weighted by Crippen LogP contribution is -2.33. The maximum absolute atomic E-state index is 13.2. The summed E-state index contributed by atoms with van der Waals surface area (Å²) in [5.41, 5.74) is 2.60. The number of nitrogens with zero attached hydrogens (tertiary/aromatic N) is 2. The maximum atomic E-state index is 13.2. The van der Waals surface area contributed by atoms with E-state index >= 15 is 0 Å². The molecule has 1 unspecified atom stereocenters. The number of aryl methyl sites for hydroxylation is 1. The highest BCUT2D eigenvalue weighted by Crippen LogP contribution is 2.38. The van der Waals surface area contributed by atoms with Gasteiger partial charge in [0.05, 0.1) is 16.5 Å². The van der Waals surface area contributed by atoms with E-state index in [-0.39, 0.29) is 17.0 Å². The SMILES string of the molecule is Cc1ccc(S(=O)(=O)N2CC=C(C(=O)O)C2c2ccc(N(C)C)cc2)cc1. The average molecular weight is 386 g/mol. The first-order chi connectivity index (χ1) is 12.7. The van der Waals surface area contributed by atoms with E-state index in [1.54, 1.807) is 36.4 Å². The number of carbonyl (C=O) groups is 1. The Balaban J connectivity index is 2.04. The molecular formula is C20H22N2O4S. The van der Waals surface area contributed by atoms with Crippen LogP contribution < -0.4 is 4.90 Å². The summed E-state index contributed by atoms with van der Waals surface area (Å²) in [6, 6.07) is 13.0. The van der Waals surface area contributed by atoms with Crippen molar-refractivity contribution in [3.63, 3.8) is 0 Å². The number of sulfonamides is 1. The molecule has 0 aromatic heterocycles. The molecule has 0 amide bonds. The summed E-state index contributed by atoms with van der Waals surface area (Å²) >= 11 is 0. The van der Waals surface area contributed by atoms with Gasteiger partial charge in [-0.15, -0.1) is 0 Å². The van der Waals surface area contributed by atoms with E-state index < -0.39 is 22.0 Å². The van der Waals surface area contributed by atoms with E-state index in [0.29, 0.717) is 5.56 Å². The number of aliphatic carboxylic acids is 1. The van der Waals surface area contributed by atoms with Crippen molar-refractivity contribution in [2.24, 2.45) is 0 Å². The monoisotopic (exact) mass is 386 g/mol. The first-order valence-corrected chi connectivity index (χ1v) is 9.95. The summed E-state index contributed by atoms with van der Waals surface area (Å²) in [7, 11) is -0.0300. The normalized spacial score (nSPS) is 17.6. The van der Waals surface area contributed by atoms with Gasteiger partial charge in [-0.1, -0.05) is 35.9 Å². The molecule has 1 heterocycles. The van der Waals surface area contributed by atoms with E-state index in [9.17, 15) is 18.3 Å². The summed E-state index contributed by atoms with van der Waals surface area (Å²) in [6.07, 6.45) is 1.47. The number of benzene rings is 2. The van der Waals surface area contributed by atoms with Crippen LogP contribution in [0.3, 0.4) is 0 Å². The van der Waals surface area contributed by atoms with Crippen molar-refractivity contribution in [1.82, 2.24) is 4.31 Å². The van der Waals surface area contributed by atoms with Crippen LogP contribution in [-0.4, -0.2) is 44.4 Å². The summed E-state index contributed by atoms with van der Waals surface area (Å²) < 4.78 is 27.6. The average Bonchev–Trinajstić information content (AvgIpc) is 3.08. The molecule has 2 aromatic rings. The van der Waals surface area contributed by atoms with E-state index in [1.165, 1.54) is 10.4 Å². The topological polar surface area (TPSA) is 77.9 Å². The van der Waals surface area contributed by atoms with Gasteiger partial charge < -0.3 is 10.0 Å². The largest absolute Gasteiger partial charge is 0.478 e. The van der Waals surface area contributed by atoms with E-state index in [0.717, 1.165) is 11.3 Å². The molecule has 0 fully saturated rings. The molecule has 0 radical (unpaired) electrons. The van der Waals surface area contributed by atoms with Crippen molar-refractivity contribution in [2.45, 2.75) is 17.9 Å². The van der Waals surface area contributed by atoms with Gasteiger partial charge in [0.25, 0.3) is 0 Å². The molecule has 0 saturated heterocycles. The minimum absolute atomic E-state index is 0.0257. The van der Waals surface area contributed by atoms with Crippen LogP contribution in [0.4, 0.5) is 5.69 Å². The lowest BCUT2D eigenvalue weighted by molar-refractivity contribution is -0.133. The van der Waals surface area contributed by atoms with Gasteiger partial charge in [0, 0.05) is 26.3 Å². The van der Waals surface area contributed by atoms with E-state index in [2.05, 4.69) is 0 Å². The van der Waals surface area contributed by atoms with Gasteiger partial charge in [-0.3, -0.25) is 0 Å². The Labute approximate surface area is 159 Å². The molecule has 6 nitrogen and oxygen atoms in total. The fourth-order valence-corrected chi connectivity index (χ4v) is 4.68. The fourth-order valence-electron chi connectivity index (χ4n) is 3.15. The predicted molar refractivity (Wildman–Crippen MR) is 104 cm³/mol. The molecule has 3 rings (SSSR count). The van der Waals surface area contributed by atoms with Crippen molar-refractivity contribution >= 4 is 21.7 Å². The third-order valence-electron chi connectivity index (χ3n) is 4.67. The number of hydrogen-bond donors (Lipinski definition) is 1. The van der Waals surface area contributed by atoms with Crippen LogP contribution in [0.2, 0.25) is 0 Å². The van der Waals surface area contributed by atoms with Crippen molar-refractivity contribution in [3.8, 4) is 0 Å². The van der Waals surface area contributed by atoms with E-state index in [1.807, 2.05) is 38.1 Å². The number of rotatable bonds is 5. The molecule has 7 heteroatoms. The van der Waals surface area contributed by atoms with Crippen LogP contribution in [0, 0.1) is 6.92 Å². The Morgan fingerprint density at radius 1 is 1.07 bits per heavy atom. The van der Waals surface area contributed by atoms with Crippen molar-refractivity contribution in [3.05, 3.63) is 71.3 Å². The lowest BCUT2D eigenvalue weighted by Gasteiger charge is -2.26. The van der Waals surface area contributed by atoms with Crippen LogP contribution >= 0.6 is 0 Å². The molecule has 1 N–H and O–H groups in total. The number of carboxylic acids is 1. The highest BCUT2D eigenvalue weighted by molar-refractivity contribution is 7.89. The second kappa shape index (κ2) is 7.17. The molecular weight excluding hydrogens is 364 g/mol. The van der Waals surface area contributed by atoms with Gasteiger partial charge in [0.2, 0.25) is 10.0 Å². The highest BCUT2D eigenvalue weighted by Gasteiger charge is 2.40. The van der Waals surface area contributed by atoms with Crippen LogP contribution in [0.25, 0.3) is 0 Å². The smallest absolute Gasteiger partial charge is 0.333 e. The Morgan fingerprint density at radius 2 is 1.67 bits per heavy atom. The van der Waals surface area contributed by atoms with Gasteiger partial charge in [0.15, 0.2) is 0 Å². The number of anilines is 1. The van der Waals surface area contributed by atoms with Gasteiger partial charge in [0.1, 0.15) is 0 Å². The second-order valence-electron chi connectivity index (χ2n) is 6.74. The van der Waals surface area contributed by atoms with Crippen molar-refractivity contribution < 1.29 is 18.3 Å². The van der Waals surface area contributed by atoms with Crippen LogP contribution in [-0.2, 0) is 14.8 Å². The Morgan fingerprint density at radius 3 is 2.19 bits per heavy atom. The molecule has 142 valence electrons. The number of hydrogen-bond acceptors (Lipinski definition) is 4. The van der Waals surface area contributed by atoms with Crippen LogP contribution in [0.15, 0.2) is 65.1 Å². The summed E-state index contributed by atoms with van der Waals surface area (Å²) in [5.74, 6) is -1.11. The zero-order chi connectivity index (χ0) is 19.8. The van der Waals surface area contributed by atoms with E-state index in [4.69, 9.17) is 0 Å². The zero-order valence-corrected chi connectivity index (χ0v) is 16.3. The zero-order valence-electron chi connectivity index (χ0n) is 15.5. The van der Waals surface area contributed by atoms with Crippen molar-refractivity contribution in [2.75, 3.05) is 25.5 Å². The minimum Gasteiger partial charge on any atom is -0.478 e. The third kappa shape index (κ3) is 3.61. The quantitative estimate of drug-likeness (QED) is 0.855. The molecule has 1 aliphatic heterocycles. The Hall–Kier alpha value is -2.64. The van der Waals surface area contributed by atoms with Gasteiger partial charge in [-0.2, -0.15) is 4.31 Å². The Bertz CT molecular complexity index is 978. The van der Waals surface area contributed by atoms with Crippen LogP contribution in [0.1, 0.15) is 17.2 Å². The van der Waals surface area contributed by atoms with Gasteiger partial charge in [-0.05, 0) is 36.8 Å². The molecule has 1 atom stereocenters. The third-order valence-corrected chi connectivity index (χ3v) is 6.52. The minimum atomic E-state index is -3.84. The van der Waals surface area contributed by atoms with Crippen LogP contribution in [0.5, 0.6) is 0 Å². The van der Waals surface area contributed by atoms with Gasteiger partial charge in [-0.25, -0.2) is 13.2 Å². The fraction of sp³-hybridized carbons (Fsp3) is 0.250. The molecule has 1 aliphatic rings. The molecule has 0 bridgehead atoms. The summed E-state index contributed by atoms with van der Waals surface area (Å²) in [4.78, 5) is 13.8. The molecule has 0 saturated carbocycles. The Kier molecular flexibility index (Phi) is 5.08. The van der Waals surface area contributed by atoms with Crippen molar-refractivity contribution in [1.29, 1.82) is 0 Å². The standard InChI is InChI=1S/C20H22N2O4S/c1-14-4-10-17(11-5-14)27(25,26)22-13-12-18(20(23)24)19(22)15-6-8-16(9-7-15)21(2)3/h4-12,19H,13H2,1-3H3,(H,23,24). The summed E-state index contributed by atoms with van der Waals surface area (Å²) in [6.45, 7) is 1.91. The highest BCUT2D eigenvalue weighted by atomic mass is 32.2. The number of carboxylic acid groups (broad SMARTS) is 1. The second-order valence-corrected chi connectivity index (χ2v) is 8.63. The molecule has 0 aliphatic carbocycles. The van der Waals surface area contributed by atoms with Gasteiger partial charge >= 0.3 is 5.97 Å². The lowest BCUT2D eigenvalue weighted by atomic mass is 10.0. The molecule has 27 heavy (non-hydrogen) atoms.